The molecule has 0 spiro atoms. The van der Waals surface area contributed by atoms with Crippen LogP contribution >= 0.6 is 38.9 Å². The maximum atomic E-state index is 6.22. The van der Waals surface area contributed by atoms with Crippen molar-refractivity contribution < 1.29 is 4.74 Å². The van der Waals surface area contributed by atoms with E-state index < -0.39 is 0 Å². The summed E-state index contributed by atoms with van der Waals surface area (Å²) < 4.78 is 6.82. The highest BCUT2D eigenvalue weighted by atomic mass is 79.9. The first-order valence-electron chi connectivity index (χ1n) is 6.04. The van der Waals surface area contributed by atoms with Crippen molar-refractivity contribution in [3.63, 3.8) is 0 Å². The molecule has 5 heteroatoms. The third-order valence-electron chi connectivity index (χ3n) is 2.57. The molecule has 102 valence electrons. The fourth-order valence-electron chi connectivity index (χ4n) is 1.62. The summed E-state index contributed by atoms with van der Waals surface area (Å²) in [5.74, 6) is 0.728. The van der Waals surface area contributed by atoms with Gasteiger partial charge in [-0.2, -0.15) is 0 Å². The smallest absolute Gasteiger partial charge is 0.138 e. The van der Waals surface area contributed by atoms with Crippen LogP contribution in [0.15, 0.2) is 34.1 Å². The molecule has 0 aliphatic rings. The van der Waals surface area contributed by atoms with Gasteiger partial charge in [-0.3, -0.25) is 0 Å². The Morgan fingerprint density at radius 3 is 2.84 bits per heavy atom. The van der Waals surface area contributed by atoms with Crippen LogP contribution in [0.5, 0.6) is 5.75 Å². The molecule has 1 aromatic heterocycles. The molecule has 0 fully saturated rings. The summed E-state index contributed by atoms with van der Waals surface area (Å²) in [6.45, 7) is 4.40. The zero-order valence-electron chi connectivity index (χ0n) is 10.6. The van der Waals surface area contributed by atoms with Gasteiger partial charge in [0.05, 0.1) is 5.02 Å². The lowest BCUT2D eigenvalue weighted by atomic mass is 10.2. The number of hydrogen-bond acceptors (Lipinski definition) is 3. The summed E-state index contributed by atoms with van der Waals surface area (Å²) in [6.07, 6.45) is 0. The largest absolute Gasteiger partial charge is 0.487 e. The van der Waals surface area contributed by atoms with Gasteiger partial charge in [0, 0.05) is 21.3 Å². The van der Waals surface area contributed by atoms with Gasteiger partial charge in [0.1, 0.15) is 12.4 Å². The van der Waals surface area contributed by atoms with E-state index in [9.17, 15) is 0 Å². The molecule has 1 heterocycles. The first-order chi connectivity index (χ1) is 9.19. The molecule has 0 bridgehead atoms. The van der Waals surface area contributed by atoms with Gasteiger partial charge >= 0.3 is 0 Å². The predicted octanol–water partition coefficient (Wildman–Crippen LogP) is 4.85. The first kappa shape index (κ1) is 14.9. The second kappa shape index (κ2) is 7.29. The molecule has 0 radical (unpaired) electrons. The molecule has 2 nitrogen and oxygen atoms in total. The van der Waals surface area contributed by atoms with E-state index >= 15 is 0 Å². The summed E-state index contributed by atoms with van der Waals surface area (Å²) in [4.78, 5) is 1.17. The van der Waals surface area contributed by atoms with Crippen LogP contribution in [0.3, 0.4) is 0 Å². The fraction of sp³-hybridized carbons (Fsp3) is 0.286. The molecule has 1 N–H and O–H groups in total. The minimum atomic E-state index is 0.544. The molecule has 2 rings (SSSR count). The van der Waals surface area contributed by atoms with Gasteiger partial charge in [-0.05, 0) is 46.2 Å². The van der Waals surface area contributed by atoms with Gasteiger partial charge in [-0.15, -0.1) is 11.3 Å². The normalized spacial score (nSPS) is 10.7. The molecule has 19 heavy (non-hydrogen) atoms. The summed E-state index contributed by atoms with van der Waals surface area (Å²) >= 11 is 11.3. The van der Waals surface area contributed by atoms with Crippen LogP contribution < -0.4 is 10.1 Å². The van der Waals surface area contributed by atoms with E-state index in [1.165, 1.54) is 4.88 Å². The summed E-state index contributed by atoms with van der Waals surface area (Å²) in [7, 11) is 0. The van der Waals surface area contributed by atoms with E-state index in [0.29, 0.717) is 11.6 Å². The maximum Gasteiger partial charge on any atom is 0.138 e. The summed E-state index contributed by atoms with van der Waals surface area (Å²) in [6, 6.07) is 7.97. The Balaban J connectivity index is 1.96. The zero-order valence-corrected chi connectivity index (χ0v) is 13.7. The Hall–Kier alpha value is -0.550. The number of hydrogen-bond donors (Lipinski definition) is 1. The van der Waals surface area contributed by atoms with Crippen molar-refractivity contribution in [1.82, 2.24) is 5.32 Å². The third-order valence-corrected chi connectivity index (χ3v) is 4.53. The maximum absolute atomic E-state index is 6.22. The van der Waals surface area contributed by atoms with Crippen molar-refractivity contribution in [1.29, 1.82) is 0 Å². The number of nitrogens with one attached hydrogen (secondary N) is 1. The van der Waals surface area contributed by atoms with Crippen LogP contribution in [-0.2, 0) is 13.2 Å². The molecule has 2 aromatic rings. The molecule has 0 atom stereocenters. The monoisotopic (exact) mass is 359 g/mol. The third kappa shape index (κ3) is 4.49. The van der Waals surface area contributed by atoms with Crippen molar-refractivity contribution in [3.05, 3.63) is 49.6 Å². The lowest BCUT2D eigenvalue weighted by Crippen LogP contribution is -2.11. The summed E-state index contributed by atoms with van der Waals surface area (Å²) in [5, 5.41) is 5.97. The average molecular weight is 361 g/mol. The van der Waals surface area contributed by atoms with E-state index in [0.717, 1.165) is 28.9 Å². The highest BCUT2D eigenvalue weighted by Gasteiger charge is 2.05. The van der Waals surface area contributed by atoms with Gasteiger partial charge in [-0.1, -0.05) is 24.6 Å². The predicted molar refractivity (Wildman–Crippen MR) is 85.2 cm³/mol. The standard InChI is InChI=1S/C14H15BrClNOS/c1-2-17-7-10-3-4-14(13(16)5-10)18-8-12-6-11(15)9-19-12/h3-6,9,17H,2,7-8H2,1H3. The van der Waals surface area contributed by atoms with Crippen molar-refractivity contribution in [2.75, 3.05) is 6.54 Å². The Morgan fingerprint density at radius 2 is 2.21 bits per heavy atom. The Kier molecular flexibility index (Phi) is 5.70. The molecule has 1 aromatic carbocycles. The quantitative estimate of drug-likeness (QED) is 0.795. The Morgan fingerprint density at radius 1 is 1.37 bits per heavy atom. The van der Waals surface area contributed by atoms with Crippen LogP contribution in [0.2, 0.25) is 5.02 Å². The minimum Gasteiger partial charge on any atom is -0.487 e. The number of halogens is 2. The number of benzene rings is 1. The molecular formula is C14H15BrClNOS. The van der Waals surface area contributed by atoms with Crippen LogP contribution in [0.1, 0.15) is 17.4 Å². The van der Waals surface area contributed by atoms with Crippen LogP contribution in [0.25, 0.3) is 0 Å². The SMILES string of the molecule is CCNCc1ccc(OCc2cc(Br)cs2)c(Cl)c1. The van der Waals surface area contributed by atoms with Crippen molar-refractivity contribution in [2.45, 2.75) is 20.1 Å². The van der Waals surface area contributed by atoms with Gasteiger partial charge in [0.25, 0.3) is 0 Å². The Labute approximate surface area is 130 Å². The topological polar surface area (TPSA) is 21.3 Å². The zero-order chi connectivity index (χ0) is 13.7. The van der Waals surface area contributed by atoms with Gasteiger partial charge in [-0.25, -0.2) is 0 Å². The first-order valence-corrected chi connectivity index (χ1v) is 8.09. The molecule has 0 amide bonds. The van der Waals surface area contributed by atoms with Gasteiger partial charge in [0.2, 0.25) is 0 Å². The van der Waals surface area contributed by atoms with Gasteiger partial charge < -0.3 is 10.1 Å². The van der Waals surface area contributed by atoms with Crippen molar-refractivity contribution >= 4 is 38.9 Å². The summed E-state index contributed by atoms with van der Waals surface area (Å²) in [5.41, 5.74) is 1.16. The van der Waals surface area contributed by atoms with E-state index in [2.05, 4.69) is 34.2 Å². The van der Waals surface area contributed by atoms with Crippen molar-refractivity contribution in [2.24, 2.45) is 0 Å². The fourth-order valence-corrected chi connectivity index (χ4v) is 3.24. The minimum absolute atomic E-state index is 0.544. The van der Waals surface area contributed by atoms with Crippen LogP contribution in [0.4, 0.5) is 0 Å². The van der Waals surface area contributed by atoms with E-state index in [1.807, 2.05) is 23.6 Å². The molecular weight excluding hydrogens is 346 g/mol. The second-order valence-corrected chi connectivity index (χ2v) is 6.38. The van der Waals surface area contributed by atoms with Crippen molar-refractivity contribution in [3.8, 4) is 5.75 Å². The molecule has 0 aliphatic carbocycles. The average Bonchev–Trinajstić information content (AvgIpc) is 2.81. The molecule has 0 saturated heterocycles. The molecule has 0 aliphatic heterocycles. The number of rotatable bonds is 6. The lowest BCUT2D eigenvalue weighted by molar-refractivity contribution is 0.310. The van der Waals surface area contributed by atoms with Crippen LogP contribution in [0, 0.1) is 0 Å². The number of thiophene rings is 1. The van der Waals surface area contributed by atoms with E-state index in [4.69, 9.17) is 16.3 Å². The van der Waals surface area contributed by atoms with E-state index in [1.54, 1.807) is 11.3 Å². The number of ether oxygens (including phenoxy) is 1. The highest BCUT2D eigenvalue weighted by molar-refractivity contribution is 9.10. The van der Waals surface area contributed by atoms with E-state index in [-0.39, 0.29) is 0 Å². The Bertz CT molecular complexity index is 544. The molecule has 0 saturated carbocycles. The van der Waals surface area contributed by atoms with Gasteiger partial charge in [0.15, 0.2) is 0 Å². The highest BCUT2D eigenvalue weighted by Crippen LogP contribution is 2.27. The van der Waals surface area contributed by atoms with Crippen LogP contribution in [-0.4, -0.2) is 6.54 Å². The molecule has 0 unspecified atom stereocenters. The second-order valence-electron chi connectivity index (χ2n) is 4.07. The lowest BCUT2D eigenvalue weighted by Gasteiger charge is -2.09.